The Hall–Kier alpha value is -4.27. The summed E-state index contributed by atoms with van der Waals surface area (Å²) in [6.45, 7) is 2.25. The third kappa shape index (κ3) is 5.68. The molecule has 1 aromatic heterocycles. The fraction of sp³-hybridized carbons (Fsp3) is 0.387. The van der Waals surface area contributed by atoms with Crippen LogP contribution in [0.5, 0.6) is 17.2 Å². The second-order valence-corrected chi connectivity index (χ2v) is 10.4. The van der Waals surface area contributed by atoms with Gasteiger partial charge in [0.25, 0.3) is 11.8 Å². The highest BCUT2D eigenvalue weighted by Gasteiger charge is 2.42. The topological polar surface area (TPSA) is 102 Å². The molecule has 9 nitrogen and oxygen atoms in total. The van der Waals surface area contributed by atoms with Crippen LogP contribution in [0.25, 0.3) is 0 Å². The Bertz CT molecular complexity index is 1340. The first-order valence-electron chi connectivity index (χ1n) is 13.6. The number of aromatic nitrogens is 1. The van der Waals surface area contributed by atoms with Crippen molar-refractivity contribution >= 4 is 17.6 Å². The van der Waals surface area contributed by atoms with Crippen molar-refractivity contribution < 1.29 is 23.8 Å². The number of piperidine rings is 1. The fourth-order valence-corrected chi connectivity index (χ4v) is 5.94. The summed E-state index contributed by atoms with van der Waals surface area (Å²) in [6, 6.07) is 15.5. The van der Waals surface area contributed by atoms with Gasteiger partial charge in [-0.2, -0.15) is 0 Å². The Morgan fingerprint density at radius 2 is 1.62 bits per heavy atom. The SMILES string of the molecule is COc1cc(CNC(=O)c2ccc(N3[C@@H]4CC[C@H]3C[C@@H](NC(=O)c3cccc(OC)c3C)C4)nc2)cc(OC)c1. The zero-order valence-electron chi connectivity index (χ0n) is 23.4. The lowest BCUT2D eigenvalue weighted by atomic mass is 9.96. The predicted octanol–water partition coefficient (Wildman–Crippen LogP) is 4.28. The smallest absolute Gasteiger partial charge is 0.253 e. The Morgan fingerprint density at radius 3 is 2.23 bits per heavy atom. The van der Waals surface area contributed by atoms with Gasteiger partial charge in [-0.25, -0.2) is 4.98 Å². The van der Waals surface area contributed by atoms with Gasteiger partial charge in [-0.15, -0.1) is 0 Å². The summed E-state index contributed by atoms with van der Waals surface area (Å²) in [5, 5.41) is 6.20. The first kappa shape index (κ1) is 27.3. The molecule has 0 spiro atoms. The molecule has 2 bridgehead atoms. The minimum atomic E-state index is -0.196. The lowest BCUT2D eigenvalue weighted by Crippen LogP contribution is -2.50. The quantitative estimate of drug-likeness (QED) is 0.415. The van der Waals surface area contributed by atoms with Crippen molar-refractivity contribution in [3.63, 3.8) is 0 Å². The first-order chi connectivity index (χ1) is 19.4. The summed E-state index contributed by atoms with van der Waals surface area (Å²) in [4.78, 5) is 32.9. The molecule has 9 heteroatoms. The summed E-state index contributed by atoms with van der Waals surface area (Å²) < 4.78 is 16.0. The zero-order valence-corrected chi connectivity index (χ0v) is 23.4. The average Bonchev–Trinajstić information content (AvgIpc) is 3.25. The van der Waals surface area contributed by atoms with E-state index in [1.54, 1.807) is 33.6 Å². The number of rotatable bonds is 9. The van der Waals surface area contributed by atoms with Crippen LogP contribution in [0, 0.1) is 6.92 Å². The van der Waals surface area contributed by atoms with E-state index >= 15 is 0 Å². The highest BCUT2D eigenvalue weighted by Crippen LogP contribution is 2.38. The van der Waals surface area contributed by atoms with Crippen molar-refractivity contribution in [1.29, 1.82) is 0 Å². The van der Waals surface area contributed by atoms with E-state index in [0.717, 1.165) is 42.6 Å². The summed E-state index contributed by atoms with van der Waals surface area (Å²) >= 11 is 0. The van der Waals surface area contributed by atoms with Crippen LogP contribution < -0.4 is 29.7 Å². The molecule has 2 aliphatic heterocycles. The first-order valence-corrected chi connectivity index (χ1v) is 13.6. The van der Waals surface area contributed by atoms with Crippen molar-refractivity contribution in [1.82, 2.24) is 15.6 Å². The number of carbonyl (C=O) groups is 2. The van der Waals surface area contributed by atoms with Gasteiger partial charge in [0.15, 0.2) is 0 Å². The number of methoxy groups -OCH3 is 3. The van der Waals surface area contributed by atoms with Crippen molar-refractivity contribution in [2.24, 2.45) is 0 Å². The van der Waals surface area contributed by atoms with Gasteiger partial charge in [0.05, 0.1) is 26.9 Å². The molecular weight excluding hydrogens is 508 g/mol. The van der Waals surface area contributed by atoms with E-state index in [-0.39, 0.29) is 17.9 Å². The normalized spacial score (nSPS) is 19.6. The highest BCUT2D eigenvalue weighted by atomic mass is 16.5. The van der Waals surface area contributed by atoms with Crippen molar-refractivity contribution in [3.8, 4) is 17.2 Å². The van der Waals surface area contributed by atoms with Gasteiger partial charge in [-0.05, 0) is 74.6 Å². The molecule has 5 rings (SSSR count). The number of carbonyl (C=O) groups excluding carboxylic acids is 2. The largest absolute Gasteiger partial charge is 0.497 e. The number of fused-ring (bicyclic) bond motifs is 2. The molecule has 3 heterocycles. The number of nitrogens with zero attached hydrogens (tertiary/aromatic N) is 2. The Labute approximate surface area is 234 Å². The van der Waals surface area contributed by atoms with Gasteiger partial charge in [0.2, 0.25) is 0 Å². The maximum atomic E-state index is 13.1. The van der Waals surface area contributed by atoms with Crippen LogP contribution in [0.1, 0.15) is 57.5 Å². The molecular formula is C31H36N4O5. The molecule has 0 unspecified atom stereocenters. The summed E-state index contributed by atoms with van der Waals surface area (Å²) in [5.74, 6) is 2.67. The molecule has 0 saturated carbocycles. The van der Waals surface area contributed by atoms with Crippen LogP contribution in [0.15, 0.2) is 54.7 Å². The van der Waals surface area contributed by atoms with Gasteiger partial charge in [-0.1, -0.05) is 6.07 Å². The molecule has 3 aromatic rings. The molecule has 0 radical (unpaired) electrons. The van der Waals surface area contributed by atoms with Gasteiger partial charge < -0.3 is 29.7 Å². The second kappa shape index (κ2) is 11.9. The average molecular weight is 545 g/mol. The minimum absolute atomic E-state index is 0.0601. The monoisotopic (exact) mass is 544 g/mol. The number of hydrogen-bond acceptors (Lipinski definition) is 7. The lowest BCUT2D eigenvalue weighted by Gasteiger charge is -2.40. The lowest BCUT2D eigenvalue weighted by molar-refractivity contribution is 0.0923. The molecule has 2 saturated heterocycles. The number of benzene rings is 2. The van der Waals surface area contributed by atoms with Gasteiger partial charge in [0, 0.05) is 48.1 Å². The van der Waals surface area contributed by atoms with Crippen LogP contribution in [-0.4, -0.2) is 56.3 Å². The fourth-order valence-electron chi connectivity index (χ4n) is 5.94. The van der Waals surface area contributed by atoms with E-state index < -0.39 is 0 Å². The number of pyridine rings is 1. The van der Waals surface area contributed by atoms with Crippen LogP contribution >= 0.6 is 0 Å². The second-order valence-electron chi connectivity index (χ2n) is 10.4. The third-order valence-corrected chi connectivity index (χ3v) is 7.96. The summed E-state index contributed by atoms with van der Waals surface area (Å²) in [7, 11) is 4.81. The third-order valence-electron chi connectivity index (χ3n) is 7.96. The van der Waals surface area contributed by atoms with Gasteiger partial charge >= 0.3 is 0 Å². The number of ether oxygens (including phenoxy) is 3. The van der Waals surface area contributed by atoms with Crippen LogP contribution in [0.4, 0.5) is 5.82 Å². The van der Waals surface area contributed by atoms with Crippen LogP contribution in [0.2, 0.25) is 0 Å². The molecule has 40 heavy (non-hydrogen) atoms. The molecule has 2 N–H and O–H groups in total. The van der Waals surface area contributed by atoms with Crippen molar-refractivity contribution in [2.75, 3.05) is 26.2 Å². The molecule has 2 aliphatic rings. The van der Waals surface area contributed by atoms with E-state index in [1.807, 2.05) is 49.4 Å². The standard InChI is InChI=1S/C31H36N4O5/c1-19-27(6-5-7-28(19)40-4)31(37)34-22-14-23-9-10-24(15-22)35(23)29-11-8-21(18-32-29)30(36)33-17-20-12-25(38-2)16-26(13-20)39-3/h5-8,11-13,16,18,22-24H,9-10,14-15,17H2,1-4H3,(H,33,36)(H,34,37)/t22-,23+,24-. The maximum absolute atomic E-state index is 13.1. The Kier molecular flexibility index (Phi) is 8.09. The number of nitrogens with one attached hydrogen (secondary N) is 2. The van der Waals surface area contributed by atoms with Crippen LogP contribution in [-0.2, 0) is 6.54 Å². The Balaban J connectivity index is 1.19. The molecule has 2 aromatic carbocycles. The zero-order chi connectivity index (χ0) is 28.2. The van der Waals surface area contributed by atoms with E-state index in [0.29, 0.717) is 47.0 Å². The van der Waals surface area contributed by atoms with E-state index in [1.165, 1.54) is 0 Å². The summed E-state index contributed by atoms with van der Waals surface area (Å²) in [5.41, 5.74) is 2.87. The Morgan fingerprint density at radius 1 is 0.925 bits per heavy atom. The highest BCUT2D eigenvalue weighted by molar-refractivity contribution is 5.96. The molecule has 210 valence electrons. The molecule has 2 fully saturated rings. The maximum Gasteiger partial charge on any atom is 0.253 e. The summed E-state index contributed by atoms with van der Waals surface area (Å²) in [6.07, 6.45) is 5.47. The van der Waals surface area contributed by atoms with E-state index in [9.17, 15) is 9.59 Å². The number of hydrogen-bond donors (Lipinski definition) is 2. The van der Waals surface area contributed by atoms with Crippen LogP contribution in [0.3, 0.4) is 0 Å². The molecule has 3 atom stereocenters. The van der Waals surface area contributed by atoms with E-state index in [2.05, 4.69) is 20.5 Å². The van der Waals surface area contributed by atoms with Gasteiger partial charge in [-0.3, -0.25) is 9.59 Å². The van der Waals surface area contributed by atoms with Crippen molar-refractivity contribution in [3.05, 3.63) is 77.0 Å². The minimum Gasteiger partial charge on any atom is -0.497 e. The molecule has 0 aliphatic carbocycles. The number of amides is 2. The van der Waals surface area contributed by atoms with Crippen molar-refractivity contribution in [2.45, 2.75) is 57.3 Å². The number of anilines is 1. The van der Waals surface area contributed by atoms with E-state index in [4.69, 9.17) is 14.2 Å². The predicted molar refractivity (Wildman–Crippen MR) is 152 cm³/mol. The van der Waals surface area contributed by atoms with Gasteiger partial charge in [0.1, 0.15) is 23.1 Å². The molecule has 2 amide bonds.